The van der Waals surface area contributed by atoms with Crippen LogP contribution in [-0.2, 0) is 6.61 Å². The van der Waals surface area contributed by atoms with E-state index in [2.05, 4.69) is 9.97 Å². The Bertz CT molecular complexity index is 522. The fraction of sp³-hybridized carbons (Fsp3) is 0.0909. The molecule has 1 heterocycles. The zero-order valence-electron chi connectivity index (χ0n) is 8.68. The lowest BCUT2D eigenvalue weighted by Crippen LogP contribution is -2.00. The van der Waals surface area contributed by atoms with Gasteiger partial charge in [0.1, 0.15) is 18.2 Å². The second-order valence-corrected chi connectivity index (χ2v) is 3.30. The van der Waals surface area contributed by atoms with Crippen molar-refractivity contribution in [2.24, 2.45) is 0 Å². The average molecular weight is 236 g/mol. The summed E-state index contributed by atoms with van der Waals surface area (Å²) in [6.07, 6.45) is 1.38. The Labute approximate surface area is 95.9 Å². The number of halogens is 1. The molecule has 88 valence electrons. The molecule has 0 amide bonds. The summed E-state index contributed by atoms with van der Waals surface area (Å²) in [6, 6.07) is 5.55. The molecule has 1 aromatic carbocycles. The SMILES string of the molecule is O=C(O)c1ncc(COc2ccc(F)cc2)[nH]1. The van der Waals surface area contributed by atoms with E-state index in [9.17, 15) is 9.18 Å². The van der Waals surface area contributed by atoms with E-state index in [0.717, 1.165) is 0 Å². The Kier molecular flexibility index (Phi) is 3.04. The van der Waals surface area contributed by atoms with Crippen molar-refractivity contribution in [2.45, 2.75) is 6.61 Å². The molecule has 0 aliphatic rings. The van der Waals surface area contributed by atoms with Gasteiger partial charge in [-0.05, 0) is 24.3 Å². The monoisotopic (exact) mass is 236 g/mol. The molecule has 17 heavy (non-hydrogen) atoms. The third-order valence-electron chi connectivity index (χ3n) is 2.04. The molecule has 2 aromatic rings. The summed E-state index contributed by atoms with van der Waals surface area (Å²) in [6.45, 7) is 0.145. The quantitative estimate of drug-likeness (QED) is 0.849. The highest BCUT2D eigenvalue weighted by atomic mass is 19.1. The van der Waals surface area contributed by atoms with Crippen LogP contribution in [0.1, 0.15) is 16.3 Å². The first kappa shape index (κ1) is 11.1. The molecule has 0 aliphatic heterocycles. The van der Waals surface area contributed by atoms with Crippen molar-refractivity contribution in [1.82, 2.24) is 9.97 Å². The average Bonchev–Trinajstić information content (AvgIpc) is 2.77. The maximum Gasteiger partial charge on any atom is 0.371 e. The summed E-state index contributed by atoms with van der Waals surface area (Å²) in [7, 11) is 0. The molecule has 6 heteroatoms. The zero-order chi connectivity index (χ0) is 12.3. The number of ether oxygens (including phenoxy) is 1. The predicted molar refractivity (Wildman–Crippen MR) is 56.3 cm³/mol. The standard InChI is InChI=1S/C11H9FN2O3/c12-7-1-3-9(4-2-7)17-6-8-5-13-10(14-8)11(15)16/h1-5H,6H2,(H,13,14)(H,15,16). The number of hydrogen-bond acceptors (Lipinski definition) is 3. The number of aromatic carboxylic acids is 1. The molecule has 0 atom stereocenters. The highest BCUT2D eigenvalue weighted by Crippen LogP contribution is 2.12. The lowest BCUT2D eigenvalue weighted by atomic mass is 10.3. The molecule has 0 bridgehead atoms. The van der Waals surface area contributed by atoms with Gasteiger partial charge in [0, 0.05) is 0 Å². The van der Waals surface area contributed by atoms with Crippen LogP contribution in [-0.4, -0.2) is 21.0 Å². The number of carbonyl (C=O) groups is 1. The molecule has 0 aliphatic carbocycles. The zero-order valence-corrected chi connectivity index (χ0v) is 8.68. The second kappa shape index (κ2) is 4.65. The first-order valence-electron chi connectivity index (χ1n) is 4.80. The molecule has 0 saturated heterocycles. The van der Waals surface area contributed by atoms with Crippen molar-refractivity contribution in [1.29, 1.82) is 0 Å². The maximum absolute atomic E-state index is 12.6. The van der Waals surface area contributed by atoms with Gasteiger partial charge >= 0.3 is 5.97 Å². The summed E-state index contributed by atoms with van der Waals surface area (Å²) >= 11 is 0. The molecule has 2 N–H and O–H groups in total. The minimum atomic E-state index is -1.13. The number of carboxylic acid groups (broad SMARTS) is 1. The van der Waals surface area contributed by atoms with Gasteiger partial charge in [-0.2, -0.15) is 0 Å². The molecule has 1 aromatic heterocycles. The molecule has 5 nitrogen and oxygen atoms in total. The van der Waals surface area contributed by atoms with Crippen LogP contribution in [0.15, 0.2) is 30.5 Å². The number of carboxylic acids is 1. The van der Waals surface area contributed by atoms with Gasteiger partial charge in [-0.3, -0.25) is 0 Å². The van der Waals surface area contributed by atoms with Crippen LogP contribution >= 0.6 is 0 Å². The maximum atomic E-state index is 12.6. The summed E-state index contributed by atoms with van der Waals surface area (Å²) in [5.41, 5.74) is 0.534. The van der Waals surface area contributed by atoms with Gasteiger partial charge < -0.3 is 14.8 Å². The highest BCUT2D eigenvalue weighted by Gasteiger charge is 2.07. The summed E-state index contributed by atoms with van der Waals surface area (Å²) in [5.74, 6) is -1.11. The molecule has 0 radical (unpaired) electrons. The topological polar surface area (TPSA) is 75.2 Å². The van der Waals surface area contributed by atoms with Crippen molar-refractivity contribution >= 4 is 5.97 Å². The number of aromatic nitrogens is 2. The number of hydrogen-bond donors (Lipinski definition) is 2. The smallest absolute Gasteiger partial charge is 0.371 e. The van der Waals surface area contributed by atoms with Crippen LogP contribution < -0.4 is 4.74 Å². The normalized spacial score (nSPS) is 10.2. The fourth-order valence-electron chi connectivity index (χ4n) is 1.23. The molecule has 0 saturated carbocycles. The van der Waals surface area contributed by atoms with Crippen LogP contribution in [0.2, 0.25) is 0 Å². The lowest BCUT2D eigenvalue weighted by molar-refractivity contribution is 0.0684. The van der Waals surface area contributed by atoms with Gasteiger partial charge in [-0.1, -0.05) is 0 Å². The molecule has 0 unspecified atom stereocenters. The predicted octanol–water partition coefficient (Wildman–Crippen LogP) is 1.83. The minimum Gasteiger partial charge on any atom is -0.487 e. The van der Waals surface area contributed by atoms with Crippen molar-refractivity contribution in [3.05, 3.63) is 47.8 Å². The van der Waals surface area contributed by atoms with E-state index in [1.165, 1.54) is 30.5 Å². The van der Waals surface area contributed by atoms with Crippen molar-refractivity contribution in [3.8, 4) is 5.75 Å². The second-order valence-electron chi connectivity index (χ2n) is 3.30. The van der Waals surface area contributed by atoms with Crippen LogP contribution in [0, 0.1) is 5.82 Å². The van der Waals surface area contributed by atoms with Crippen LogP contribution in [0.4, 0.5) is 4.39 Å². The Morgan fingerprint density at radius 1 is 1.41 bits per heavy atom. The molecular weight excluding hydrogens is 227 g/mol. The van der Waals surface area contributed by atoms with Crippen LogP contribution in [0.25, 0.3) is 0 Å². The molecule has 0 fully saturated rings. The largest absolute Gasteiger partial charge is 0.487 e. The first-order valence-corrected chi connectivity index (χ1v) is 4.80. The Balaban J connectivity index is 1.97. The van der Waals surface area contributed by atoms with E-state index < -0.39 is 5.97 Å². The first-order chi connectivity index (χ1) is 8.15. The van der Waals surface area contributed by atoms with E-state index in [4.69, 9.17) is 9.84 Å². The van der Waals surface area contributed by atoms with E-state index >= 15 is 0 Å². The molecule has 0 spiro atoms. The van der Waals surface area contributed by atoms with Crippen LogP contribution in [0.3, 0.4) is 0 Å². The number of imidazole rings is 1. The number of benzene rings is 1. The van der Waals surface area contributed by atoms with Gasteiger partial charge in [0.05, 0.1) is 11.9 Å². The van der Waals surface area contributed by atoms with E-state index in [0.29, 0.717) is 11.4 Å². The third-order valence-corrected chi connectivity index (χ3v) is 2.04. The summed E-state index contributed by atoms with van der Waals surface area (Å²) < 4.78 is 17.9. The summed E-state index contributed by atoms with van der Waals surface area (Å²) in [5, 5.41) is 8.64. The molecule has 2 rings (SSSR count). The van der Waals surface area contributed by atoms with Gasteiger partial charge in [-0.15, -0.1) is 0 Å². The van der Waals surface area contributed by atoms with Gasteiger partial charge in [-0.25, -0.2) is 14.2 Å². The molecular formula is C11H9FN2O3. The summed E-state index contributed by atoms with van der Waals surface area (Å²) in [4.78, 5) is 16.8. The Morgan fingerprint density at radius 2 is 2.12 bits per heavy atom. The number of H-pyrrole nitrogens is 1. The van der Waals surface area contributed by atoms with Crippen LogP contribution in [0.5, 0.6) is 5.75 Å². The number of nitrogens with zero attached hydrogens (tertiary/aromatic N) is 1. The third kappa shape index (κ3) is 2.81. The fourth-order valence-corrected chi connectivity index (χ4v) is 1.23. The number of nitrogens with one attached hydrogen (secondary N) is 1. The Morgan fingerprint density at radius 3 is 2.71 bits per heavy atom. The minimum absolute atomic E-state index is 0.136. The van der Waals surface area contributed by atoms with E-state index in [1.54, 1.807) is 0 Å². The van der Waals surface area contributed by atoms with Crippen molar-refractivity contribution < 1.29 is 19.0 Å². The van der Waals surface area contributed by atoms with Gasteiger partial charge in [0.2, 0.25) is 5.82 Å². The van der Waals surface area contributed by atoms with Crippen molar-refractivity contribution in [3.63, 3.8) is 0 Å². The number of rotatable bonds is 4. The van der Waals surface area contributed by atoms with E-state index in [-0.39, 0.29) is 18.2 Å². The van der Waals surface area contributed by atoms with E-state index in [1.807, 2.05) is 0 Å². The lowest BCUT2D eigenvalue weighted by Gasteiger charge is -2.03. The number of aromatic amines is 1. The van der Waals surface area contributed by atoms with Gasteiger partial charge in [0.15, 0.2) is 0 Å². The Hall–Kier alpha value is -2.37. The highest BCUT2D eigenvalue weighted by molar-refractivity contribution is 5.83. The van der Waals surface area contributed by atoms with Crippen molar-refractivity contribution in [2.75, 3.05) is 0 Å². The van der Waals surface area contributed by atoms with Gasteiger partial charge in [0.25, 0.3) is 0 Å².